The van der Waals surface area contributed by atoms with E-state index in [1.54, 1.807) is 0 Å². The number of nitrogens with zero attached hydrogens (tertiary/aromatic N) is 1. The zero-order valence-electron chi connectivity index (χ0n) is 8.71. The number of hydrogen-bond acceptors (Lipinski definition) is 5. The van der Waals surface area contributed by atoms with Crippen molar-refractivity contribution in [1.82, 2.24) is 0 Å². The summed E-state index contributed by atoms with van der Waals surface area (Å²) in [5, 5.41) is 10.4. The number of Topliss-reactive ketones (excluding diaryl/α,β-unsaturated/α-hetero) is 1. The van der Waals surface area contributed by atoms with Crippen molar-refractivity contribution in [3.63, 3.8) is 0 Å². The SMILES string of the molecule is COCC(=O)COc1ccc([N+](=O)[O-])cc1. The van der Waals surface area contributed by atoms with Gasteiger partial charge in [0.2, 0.25) is 0 Å². The summed E-state index contributed by atoms with van der Waals surface area (Å²) in [4.78, 5) is 20.9. The van der Waals surface area contributed by atoms with Crippen molar-refractivity contribution in [3.05, 3.63) is 34.4 Å². The molecule has 0 aromatic heterocycles. The van der Waals surface area contributed by atoms with Gasteiger partial charge in [0.05, 0.1) is 4.92 Å². The molecule has 0 atom stereocenters. The molecule has 0 aliphatic rings. The first kappa shape index (κ1) is 12.1. The second kappa shape index (κ2) is 5.82. The van der Waals surface area contributed by atoms with Gasteiger partial charge in [0, 0.05) is 19.2 Å². The molecule has 1 rings (SSSR count). The van der Waals surface area contributed by atoms with Crippen molar-refractivity contribution in [3.8, 4) is 5.75 Å². The lowest BCUT2D eigenvalue weighted by atomic mass is 10.3. The molecule has 0 bridgehead atoms. The molecule has 0 fully saturated rings. The standard InChI is InChI=1S/C10H11NO5/c1-15-6-9(12)7-16-10-4-2-8(3-5-10)11(13)14/h2-5H,6-7H2,1H3. The molecule has 0 N–H and O–H groups in total. The van der Waals surface area contributed by atoms with E-state index in [1.165, 1.54) is 31.4 Å². The fraction of sp³-hybridized carbons (Fsp3) is 0.300. The van der Waals surface area contributed by atoms with Crippen molar-refractivity contribution >= 4 is 11.5 Å². The largest absolute Gasteiger partial charge is 0.486 e. The van der Waals surface area contributed by atoms with Gasteiger partial charge in [0.1, 0.15) is 19.0 Å². The molecule has 0 saturated carbocycles. The highest BCUT2D eigenvalue weighted by Gasteiger charge is 2.06. The maximum Gasteiger partial charge on any atom is 0.269 e. The summed E-state index contributed by atoms with van der Waals surface area (Å²) < 4.78 is 9.73. The van der Waals surface area contributed by atoms with Gasteiger partial charge in [-0.3, -0.25) is 14.9 Å². The molecule has 0 heterocycles. The fourth-order valence-electron chi connectivity index (χ4n) is 1.03. The van der Waals surface area contributed by atoms with E-state index in [2.05, 4.69) is 4.74 Å². The molecule has 1 aromatic carbocycles. The van der Waals surface area contributed by atoms with Crippen molar-refractivity contribution in [2.45, 2.75) is 0 Å². The van der Waals surface area contributed by atoms with E-state index in [9.17, 15) is 14.9 Å². The van der Waals surface area contributed by atoms with Gasteiger partial charge in [-0.05, 0) is 12.1 Å². The number of carbonyl (C=O) groups excluding carboxylic acids is 1. The van der Waals surface area contributed by atoms with E-state index in [0.29, 0.717) is 5.75 Å². The Kier molecular flexibility index (Phi) is 4.41. The number of ether oxygens (including phenoxy) is 2. The molecule has 0 radical (unpaired) electrons. The number of ketones is 1. The first-order chi connectivity index (χ1) is 7.63. The third-order valence-corrected chi connectivity index (χ3v) is 1.75. The minimum absolute atomic E-state index is 0.00696. The molecule has 0 unspecified atom stereocenters. The summed E-state index contributed by atoms with van der Waals surface area (Å²) in [6, 6.07) is 5.52. The van der Waals surface area contributed by atoms with Crippen LogP contribution in [0.25, 0.3) is 0 Å². The molecule has 0 aliphatic carbocycles. The van der Waals surface area contributed by atoms with Crippen LogP contribution in [-0.4, -0.2) is 31.0 Å². The van der Waals surface area contributed by atoms with Gasteiger partial charge in [-0.1, -0.05) is 0 Å². The highest BCUT2D eigenvalue weighted by atomic mass is 16.6. The van der Waals surface area contributed by atoms with Crippen LogP contribution in [0.3, 0.4) is 0 Å². The topological polar surface area (TPSA) is 78.7 Å². The Morgan fingerprint density at radius 1 is 1.31 bits per heavy atom. The monoisotopic (exact) mass is 225 g/mol. The van der Waals surface area contributed by atoms with Crippen molar-refractivity contribution in [2.75, 3.05) is 20.3 Å². The van der Waals surface area contributed by atoms with Crippen LogP contribution in [0.5, 0.6) is 5.75 Å². The molecular weight excluding hydrogens is 214 g/mol. The minimum atomic E-state index is -0.500. The molecule has 1 aromatic rings. The van der Waals surface area contributed by atoms with Crippen molar-refractivity contribution < 1.29 is 19.2 Å². The molecular formula is C10H11NO5. The van der Waals surface area contributed by atoms with E-state index in [-0.39, 0.29) is 24.7 Å². The Labute approximate surface area is 91.9 Å². The average Bonchev–Trinajstić information content (AvgIpc) is 2.27. The fourth-order valence-corrected chi connectivity index (χ4v) is 1.03. The number of nitro benzene ring substituents is 1. The quantitative estimate of drug-likeness (QED) is 0.536. The van der Waals surface area contributed by atoms with Crippen LogP contribution in [-0.2, 0) is 9.53 Å². The number of non-ortho nitro benzene ring substituents is 1. The molecule has 0 amide bonds. The van der Waals surface area contributed by atoms with Crippen LogP contribution in [0, 0.1) is 10.1 Å². The Morgan fingerprint density at radius 2 is 1.94 bits per heavy atom. The summed E-state index contributed by atoms with van der Waals surface area (Å²) in [6.45, 7) is -0.112. The summed E-state index contributed by atoms with van der Waals surface area (Å²) in [5.41, 5.74) is -0.0180. The Hall–Kier alpha value is -1.95. The summed E-state index contributed by atoms with van der Waals surface area (Å²) in [6.07, 6.45) is 0. The van der Waals surface area contributed by atoms with E-state index >= 15 is 0 Å². The number of benzene rings is 1. The van der Waals surface area contributed by atoms with E-state index in [4.69, 9.17) is 4.74 Å². The minimum Gasteiger partial charge on any atom is -0.486 e. The second-order valence-electron chi connectivity index (χ2n) is 3.01. The van der Waals surface area contributed by atoms with Gasteiger partial charge >= 0.3 is 0 Å². The first-order valence-electron chi connectivity index (χ1n) is 4.51. The molecule has 6 nitrogen and oxygen atoms in total. The van der Waals surface area contributed by atoms with Crippen LogP contribution in [0.2, 0.25) is 0 Å². The zero-order valence-corrected chi connectivity index (χ0v) is 8.71. The molecule has 6 heteroatoms. The third kappa shape index (κ3) is 3.66. The lowest BCUT2D eigenvalue weighted by molar-refractivity contribution is -0.384. The third-order valence-electron chi connectivity index (χ3n) is 1.75. The number of rotatable bonds is 6. The maximum atomic E-state index is 11.0. The van der Waals surface area contributed by atoms with Crippen LogP contribution in [0.4, 0.5) is 5.69 Å². The van der Waals surface area contributed by atoms with Crippen LogP contribution in [0.1, 0.15) is 0 Å². The van der Waals surface area contributed by atoms with Gasteiger partial charge in [0.15, 0.2) is 5.78 Å². The predicted molar refractivity (Wildman–Crippen MR) is 55.5 cm³/mol. The number of hydrogen-bond donors (Lipinski definition) is 0. The average molecular weight is 225 g/mol. The van der Waals surface area contributed by atoms with Crippen LogP contribution < -0.4 is 4.74 Å². The first-order valence-corrected chi connectivity index (χ1v) is 4.51. The van der Waals surface area contributed by atoms with Crippen LogP contribution in [0.15, 0.2) is 24.3 Å². The smallest absolute Gasteiger partial charge is 0.269 e. The summed E-state index contributed by atoms with van der Waals surface area (Å²) in [5.74, 6) is 0.218. The number of methoxy groups -OCH3 is 1. The molecule has 86 valence electrons. The van der Waals surface area contributed by atoms with Gasteiger partial charge in [0.25, 0.3) is 5.69 Å². The molecule has 0 saturated heterocycles. The Morgan fingerprint density at radius 3 is 2.44 bits per heavy atom. The van der Waals surface area contributed by atoms with Gasteiger partial charge in [-0.25, -0.2) is 0 Å². The highest BCUT2D eigenvalue weighted by molar-refractivity contribution is 5.81. The second-order valence-corrected chi connectivity index (χ2v) is 3.01. The summed E-state index contributed by atoms with van der Waals surface area (Å²) >= 11 is 0. The van der Waals surface area contributed by atoms with Gasteiger partial charge in [-0.2, -0.15) is 0 Å². The number of nitro groups is 1. The van der Waals surface area contributed by atoms with Gasteiger partial charge in [-0.15, -0.1) is 0 Å². The van der Waals surface area contributed by atoms with E-state index in [1.807, 2.05) is 0 Å². The van der Waals surface area contributed by atoms with Crippen molar-refractivity contribution in [2.24, 2.45) is 0 Å². The molecule has 0 spiro atoms. The summed E-state index contributed by atoms with van der Waals surface area (Å²) in [7, 11) is 1.42. The normalized spacial score (nSPS) is 9.81. The number of carbonyl (C=O) groups is 1. The maximum absolute atomic E-state index is 11.0. The molecule has 16 heavy (non-hydrogen) atoms. The molecule has 0 aliphatic heterocycles. The zero-order chi connectivity index (χ0) is 12.0. The van der Waals surface area contributed by atoms with Crippen molar-refractivity contribution in [1.29, 1.82) is 0 Å². The van der Waals surface area contributed by atoms with E-state index in [0.717, 1.165) is 0 Å². The van der Waals surface area contributed by atoms with E-state index < -0.39 is 4.92 Å². The Bertz CT molecular complexity index is 373. The van der Waals surface area contributed by atoms with Crippen LogP contribution >= 0.6 is 0 Å². The van der Waals surface area contributed by atoms with Gasteiger partial charge < -0.3 is 9.47 Å². The lowest BCUT2D eigenvalue weighted by Gasteiger charge is -2.04. The predicted octanol–water partition coefficient (Wildman–Crippen LogP) is 1.19. The highest BCUT2D eigenvalue weighted by Crippen LogP contribution is 2.16. The lowest BCUT2D eigenvalue weighted by Crippen LogP contribution is -2.16. The Balaban J connectivity index is 2.49.